The lowest BCUT2D eigenvalue weighted by molar-refractivity contribution is 0.669. The lowest BCUT2D eigenvalue weighted by Crippen LogP contribution is -2.09. The number of nitrogens with zero attached hydrogens (tertiary/aromatic N) is 1. The summed E-state index contributed by atoms with van der Waals surface area (Å²) in [6, 6.07) is 71.7. The average Bonchev–Trinajstić information content (AvgIpc) is 3.60. The van der Waals surface area contributed by atoms with Crippen molar-refractivity contribution in [3.05, 3.63) is 200 Å². The van der Waals surface area contributed by atoms with Crippen molar-refractivity contribution in [1.82, 2.24) is 0 Å². The van der Waals surface area contributed by atoms with Crippen molar-refractivity contribution in [2.24, 2.45) is 0 Å². The van der Waals surface area contributed by atoms with Gasteiger partial charge in [0, 0.05) is 27.8 Å². The van der Waals surface area contributed by atoms with Crippen molar-refractivity contribution in [3.8, 4) is 33.4 Å². The topological polar surface area (TPSA) is 16.4 Å². The number of benzene rings is 9. The Kier molecular flexibility index (Phi) is 7.18. The second-order valence-electron chi connectivity index (χ2n) is 13.4. The van der Waals surface area contributed by atoms with Crippen LogP contribution in [-0.4, -0.2) is 0 Å². The van der Waals surface area contributed by atoms with E-state index in [1.807, 2.05) is 6.07 Å². The summed E-state index contributed by atoms with van der Waals surface area (Å²) in [5.74, 6) is 0. The highest BCUT2D eigenvalue weighted by Crippen LogP contribution is 2.42. The molecule has 244 valence electrons. The summed E-state index contributed by atoms with van der Waals surface area (Å²) in [4.78, 5) is 2.33. The first kappa shape index (κ1) is 30.0. The van der Waals surface area contributed by atoms with Gasteiger partial charge < -0.3 is 9.32 Å². The van der Waals surface area contributed by atoms with E-state index in [2.05, 4.69) is 199 Å². The summed E-state index contributed by atoms with van der Waals surface area (Å²) in [6.07, 6.45) is 0. The van der Waals surface area contributed by atoms with Gasteiger partial charge in [-0.15, -0.1) is 0 Å². The minimum Gasteiger partial charge on any atom is -0.456 e. The molecule has 0 saturated heterocycles. The summed E-state index contributed by atoms with van der Waals surface area (Å²) in [5.41, 5.74) is 12.3. The van der Waals surface area contributed by atoms with Gasteiger partial charge in [-0.05, 0) is 116 Å². The Morgan fingerprint density at radius 3 is 1.65 bits per heavy atom. The molecule has 0 unspecified atom stereocenters. The number of anilines is 3. The fourth-order valence-electron chi connectivity index (χ4n) is 7.68. The minimum atomic E-state index is 0.914. The molecule has 0 amide bonds. The minimum absolute atomic E-state index is 0.914. The van der Waals surface area contributed by atoms with Crippen molar-refractivity contribution in [2.75, 3.05) is 4.90 Å². The molecule has 10 rings (SSSR count). The summed E-state index contributed by atoms with van der Waals surface area (Å²) >= 11 is 0. The largest absolute Gasteiger partial charge is 0.456 e. The molecule has 0 aliphatic rings. The number of furan rings is 1. The summed E-state index contributed by atoms with van der Waals surface area (Å²) < 4.78 is 6.39. The van der Waals surface area contributed by atoms with E-state index >= 15 is 0 Å². The zero-order valence-electron chi connectivity index (χ0n) is 28.4. The van der Waals surface area contributed by atoms with Crippen LogP contribution < -0.4 is 4.90 Å². The van der Waals surface area contributed by atoms with Gasteiger partial charge in [0.05, 0.1) is 0 Å². The van der Waals surface area contributed by atoms with Gasteiger partial charge in [-0.1, -0.05) is 140 Å². The van der Waals surface area contributed by atoms with E-state index < -0.39 is 0 Å². The second kappa shape index (κ2) is 12.5. The molecule has 0 atom stereocenters. The van der Waals surface area contributed by atoms with Crippen molar-refractivity contribution >= 4 is 60.5 Å². The van der Waals surface area contributed by atoms with E-state index in [-0.39, 0.29) is 0 Å². The van der Waals surface area contributed by atoms with Gasteiger partial charge in [-0.2, -0.15) is 0 Å². The maximum atomic E-state index is 6.39. The molecule has 0 fully saturated rings. The molecule has 1 heterocycles. The van der Waals surface area contributed by atoms with Crippen molar-refractivity contribution in [3.63, 3.8) is 0 Å². The molecule has 0 N–H and O–H groups in total. The summed E-state index contributed by atoms with van der Waals surface area (Å²) in [6.45, 7) is 0. The highest BCUT2D eigenvalue weighted by atomic mass is 16.3. The number of hydrogen-bond acceptors (Lipinski definition) is 2. The first-order chi connectivity index (χ1) is 25.8. The normalized spacial score (nSPS) is 11.5. The fourth-order valence-corrected chi connectivity index (χ4v) is 7.68. The van der Waals surface area contributed by atoms with Crippen LogP contribution in [0.1, 0.15) is 0 Å². The van der Waals surface area contributed by atoms with Gasteiger partial charge in [-0.3, -0.25) is 0 Å². The molecule has 10 aromatic rings. The first-order valence-electron chi connectivity index (χ1n) is 17.8. The molecule has 9 aromatic carbocycles. The van der Waals surface area contributed by atoms with Crippen LogP contribution in [0, 0.1) is 0 Å². The van der Waals surface area contributed by atoms with E-state index in [0.717, 1.165) is 33.6 Å². The van der Waals surface area contributed by atoms with Crippen molar-refractivity contribution < 1.29 is 4.42 Å². The standard InChI is InChI=1S/C50H33NO/c1-4-12-34(13-5-1)35-22-26-42(27-23-35)51(41-16-8-3-9-17-41)43-28-24-38-30-37(20-21-39(38)31-43)40-25-29-44-47(32-40)46(36-14-6-2-7-15-36)33-49-50(44)45-18-10-11-19-48(45)52-49/h1-33H. The molecule has 2 heteroatoms. The van der Waals surface area contributed by atoms with Crippen molar-refractivity contribution in [1.29, 1.82) is 0 Å². The predicted molar refractivity (Wildman–Crippen MR) is 220 cm³/mol. The van der Waals surface area contributed by atoms with Crippen molar-refractivity contribution in [2.45, 2.75) is 0 Å². The van der Waals surface area contributed by atoms with Crippen LogP contribution in [0.15, 0.2) is 205 Å². The molecule has 0 saturated carbocycles. The Bertz CT molecular complexity index is 2870. The first-order valence-corrected chi connectivity index (χ1v) is 17.8. The van der Waals surface area contributed by atoms with E-state index in [0.29, 0.717) is 0 Å². The van der Waals surface area contributed by atoms with E-state index in [1.165, 1.54) is 60.3 Å². The lowest BCUT2D eigenvalue weighted by atomic mass is 9.91. The highest BCUT2D eigenvalue weighted by Gasteiger charge is 2.17. The quantitative estimate of drug-likeness (QED) is 0.176. The number of hydrogen-bond donors (Lipinski definition) is 0. The second-order valence-corrected chi connectivity index (χ2v) is 13.4. The van der Waals surface area contributed by atoms with E-state index in [9.17, 15) is 0 Å². The van der Waals surface area contributed by atoms with Crippen LogP contribution in [0.25, 0.3) is 76.9 Å². The fraction of sp³-hybridized carbons (Fsp3) is 0. The molecule has 2 nitrogen and oxygen atoms in total. The molecule has 0 radical (unpaired) electrons. The maximum Gasteiger partial charge on any atom is 0.136 e. The van der Waals surface area contributed by atoms with Gasteiger partial charge in [0.2, 0.25) is 0 Å². The zero-order chi connectivity index (χ0) is 34.4. The molecule has 0 spiro atoms. The number of fused-ring (bicyclic) bond motifs is 6. The number of rotatable bonds is 6. The molecular weight excluding hydrogens is 631 g/mol. The molecular formula is C50H33NO. The Balaban J connectivity index is 1.06. The highest BCUT2D eigenvalue weighted by molar-refractivity contribution is 6.22. The Morgan fingerprint density at radius 2 is 0.865 bits per heavy atom. The van der Waals surface area contributed by atoms with Crippen LogP contribution in [0.2, 0.25) is 0 Å². The predicted octanol–water partition coefficient (Wildman–Crippen LogP) is 14.4. The molecule has 0 bridgehead atoms. The number of para-hydroxylation sites is 2. The van der Waals surface area contributed by atoms with Crippen LogP contribution in [-0.2, 0) is 0 Å². The maximum absolute atomic E-state index is 6.39. The van der Waals surface area contributed by atoms with Crippen LogP contribution in [0.3, 0.4) is 0 Å². The molecule has 0 aliphatic heterocycles. The van der Waals surface area contributed by atoms with Crippen LogP contribution in [0.5, 0.6) is 0 Å². The van der Waals surface area contributed by atoms with Gasteiger partial charge in [0.15, 0.2) is 0 Å². The third kappa shape index (κ3) is 5.21. The van der Waals surface area contributed by atoms with Crippen LogP contribution in [0.4, 0.5) is 17.1 Å². The van der Waals surface area contributed by atoms with Crippen LogP contribution >= 0.6 is 0 Å². The third-order valence-corrected chi connectivity index (χ3v) is 10.2. The van der Waals surface area contributed by atoms with Gasteiger partial charge in [0.25, 0.3) is 0 Å². The average molecular weight is 664 g/mol. The Hall–Kier alpha value is -6.90. The summed E-state index contributed by atoms with van der Waals surface area (Å²) in [7, 11) is 0. The monoisotopic (exact) mass is 663 g/mol. The lowest BCUT2D eigenvalue weighted by Gasteiger charge is -2.26. The van der Waals surface area contributed by atoms with E-state index in [4.69, 9.17) is 4.42 Å². The third-order valence-electron chi connectivity index (χ3n) is 10.2. The van der Waals surface area contributed by atoms with Gasteiger partial charge >= 0.3 is 0 Å². The Morgan fingerprint density at radius 1 is 0.308 bits per heavy atom. The smallest absolute Gasteiger partial charge is 0.136 e. The SMILES string of the molecule is c1ccc(-c2ccc(N(c3ccccc3)c3ccc4cc(-c5ccc6c(c5)c(-c5ccccc5)cc5oc7ccccc7c56)ccc4c3)cc2)cc1. The zero-order valence-corrected chi connectivity index (χ0v) is 28.4. The summed E-state index contributed by atoms with van der Waals surface area (Å²) in [5, 5.41) is 7.13. The van der Waals surface area contributed by atoms with Gasteiger partial charge in [0.1, 0.15) is 11.2 Å². The molecule has 0 aliphatic carbocycles. The van der Waals surface area contributed by atoms with Gasteiger partial charge in [-0.25, -0.2) is 0 Å². The van der Waals surface area contributed by atoms with E-state index in [1.54, 1.807) is 0 Å². The molecule has 1 aromatic heterocycles. The molecule has 52 heavy (non-hydrogen) atoms. The Labute approximate surface area is 302 Å².